The van der Waals surface area contributed by atoms with Crippen molar-refractivity contribution in [2.45, 2.75) is 44.7 Å². The third kappa shape index (κ3) is 4.21. The van der Waals surface area contributed by atoms with Crippen LogP contribution in [0.15, 0.2) is 0 Å². The Morgan fingerprint density at radius 2 is 2.35 bits per heavy atom. The summed E-state index contributed by atoms with van der Waals surface area (Å²) < 4.78 is 5.46. The van der Waals surface area contributed by atoms with Crippen LogP contribution < -0.4 is 10.6 Å². The third-order valence-electron chi connectivity index (χ3n) is 4.06. The molecule has 100 valence electrons. The number of aliphatic hydroxyl groups is 1. The van der Waals surface area contributed by atoms with Gasteiger partial charge >= 0.3 is 0 Å². The van der Waals surface area contributed by atoms with Gasteiger partial charge in [0.15, 0.2) is 0 Å². The fourth-order valence-electron chi connectivity index (χ4n) is 2.60. The number of morpholine rings is 1. The van der Waals surface area contributed by atoms with Crippen molar-refractivity contribution in [3.8, 4) is 0 Å². The lowest BCUT2D eigenvalue weighted by atomic mass is 10.0. The second-order valence-corrected chi connectivity index (χ2v) is 5.72. The van der Waals surface area contributed by atoms with Crippen LogP contribution in [-0.4, -0.2) is 50.1 Å². The average molecular weight is 242 g/mol. The van der Waals surface area contributed by atoms with Crippen molar-refractivity contribution < 1.29 is 9.84 Å². The van der Waals surface area contributed by atoms with E-state index in [1.54, 1.807) is 0 Å². The Bertz CT molecular complexity index is 225. The highest BCUT2D eigenvalue weighted by Crippen LogP contribution is 2.47. The first-order valence-corrected chi connectivity index (χ1v) is 6.89. The van der Waals surface area contributed by atoms with Gasteiger partial charge in [0, 0.05) is 31.8 Å². The van der Waals surface area contributed by atoms with E-state index in [0.717, 1.165) is 39.1 Å². The molecule has 2 rings (SSSR count). The molecule has 1 saturated carbocycles. The summed E-state index contributed by atoms with van der Waals surface area (Å²) in [7, 11) is 0. The SMILES string of the molecule is CC(CC1COCCN1)NCC1(CCO)CC1. The van der Waals surface area contributed by atoms with Crippen LogP contribution in [0.25, 0.3) is 0 Å². The molecular weight excluding hydrogens is 216 g/mol. The Balaban J connectivity index is 1.61. The molecule has 1 aliphatic carbocycles. The molecule has 2 atom stereocenters. The molecule has 1 heterocycles. The van der Waals surface area contributed by atoms with Crippen LogP contribution >= 0.6 is 0 Å². The van der Waals surface area contributed by atoms with E-state index in [2.05, 4.69) is 17.6 Å². The van der Waals surface area contributed by atoms with Gasteiger partial charge in [-0.15, -0.1) is 0 Å². The Morgan fingerprint density at radius 3 is 2.94 bits per heavy atom. The number of aliphatic hydroxyl groups excluding tert-OH is 1. The topological polar surface area (TPSA) is 53.5 Å². The summed E-state index contributed by atoms with van der Waals surface area (Å²) in [6.45, 7) is 6.29. The highest BCUT2D eigenvalue weighted by molar-refractivity contribution is 4.95. The fraction of sp³-hybridized carbons (Fsp3) is 1.00. The minimum absolute atomic E-state index is 0.327. The van der Waals surface area contributed by atoms with Gasteiger partial charge in [0.05, 0.1) is 13.2 Å². The summed E-state index contributed by atoms with van der Waals surface area (Å²) in [5.74, 6) is 0. The standard InChI is InChI=1S/C13H26N2O2/c1-11(8-12-9-17-7-5-14-12)15-10-13(2-3-13)4-6-16/h11-12,14-16H,2-10H2,1H3. The summed E-state index contributed by atoms with van der Waals surface area (Å²) >= 11 is 0. The highest BCUT2D eigenvalue weighted by Gasteiger charge is 2.41. The van der Waals surface area contributed by atoms with E-state index in [0.29, 0.717) is 24.1 Å². The molecule has 4 heteroatoms. The smallest absolute Gasteiger partial charge is 0.0620 e. The van der Waals surface area contributed by atoms with E-state index in [-0.39, 0.29) is 0 Å². The summed E-state index contributed by atoms with van der Waals surface area (Å²) in [4.78, 5) is 0. The zero-order chi connectivity index (χ0) is 12.1. The lowest BCUT2D eigenvalue weighted by Crippen LogP contribution is -2.45. The maximum Gasteiger partial charge on any atom is 0.0620 e. The van der Waals surface area contributed by atoms with Crippen molar-refractivity contribution in [1.29, 1.82) is 0 Å². The molecule has 3 N–H and O–H groups in total. The van der Waals surface area contributed by atoms with Crippen LogP contribution in [0.5, 0.6) is 0 Å². The Morgan fingerprint density at radius 1 is 1.53 bits per heavy atom. The average Bonchev–Trinajstić information content (AvgIpc) is 3.09. The summed E-state index contributed by atoms with van der Waals surface area (Å²) in [5.41, 5.74) is 0.416. The normalized spacial score (nSPS) is 28.9. The number of ether oxygens (including phenoxy) is 1. The van der Waals surface area contributed by atoms with Crippen molar-refractivity contribution in [2.75, 3.05) is 32.9 Å². The molecule has 0 amide bonds. The molecule has 0 aromatic carbocycles. The zero-order valence-corrected chi connectivity index (χ0v) is 10.9. The van der Waals surface area contributed by atoms with Gasteiger partial charge in [-0.2, -0.15) is 0 Å². The van der Waals surface area contributed by atoms with E-state index in [4.69, 9.17) is 9.84 Å². The van der Waals surface area contributed by atoms with Crippen LogP contribution in [0.3, 0.4) is 0 Å². The monoisotopic (exact) mass is 242 g/mol. The van der Waals surface area contributed by atoms with E-state index >= 15 is 0 Å². The Kier molecular flexibility index (Phi) is 4.79. The van der Waals surface area contributed by atoms with Crippen molar-refractivity contribution >= 4 is 0 Å². The molecule has 1 saturated heterocycles. The molecule has 0 spiro atoms. The van der Waals surface area contributed by atoms with Crippen molar-refractivity contribution in [2.24, 2.45) is 5.41 Å². The number of nitrogens with one attached hydrogen (secondary N) is 2. The first-order valence-electron chi connectivity index (χ1n) is 6.89. The highest BCUT2D eigenvalue weighted by atomic mass is 16.5. The predicted octanol–water partition coefficient (Wildman–Crippen LogP) is 0.506. The molecule has 0 aromatic heterocycles. The lowest BCUT2D eigenvalue weighted by molar-refractivity contribution is 0.0709. The van der Waals surface area contributed by atoms with Crippen molar-refractivity contribution in [3.63, 3.8) is 0 Å². The zero-order valence-electron chi connectivity index (χ0n) is 10.9. The van der Waals surface area contributed by atoms with Gasteiger partial charge in [-0.05, 0) is 38.0 Å². The van der Waals surface area contributed by atoms with Crippen molar-refractivity contribution in [1.82, 2.24) is 10.6 Å². The van der Waals surface area contributed by atoms with Crippen LogP contribution in [0.4, 0.5) is 0 Å². The number of rotatable bonds is 7. The van der Waals surface area contributed by atoms with Gasteiger partial charge in [0.2, 0.25) is 0 Å². The second kappa shape index (κ2) is 6.14. The van der Waals surface area contributed by atoms with E-state index in [1.807, 2.05) is 0 Å². The molecule has 0 bridgehead atoms. The van der Waals surface area contributed by atoms with Crippen LogP contribution in [0.1, 0.15) is 32.6 Å². The molecule has 2 fully saturated rings. The fourth-order valence-corrected chi connectivity index (χ4v) is 2.60. The molecule has 2 unspecified atom stereocenters. The minimum atomic E-state index is 0.327. The minimum Gasteiger partial charge on any atom is -0.396 e. The van der Waals surface area contributed by atoms with E-state index < -0.39 is 0 Å². The molecule has 4 nitrogen and oxygen atoms in total. The molecule has 17 heavy (non-hydrogen) atoms. The Labute approximate surface area is 104 Å². The van der Waals surface area contributed by atoms with Crippen LogP contribution in [0.2, 0.25) is 0 Å². The van der Waals surface area contributed by atoms with Gasteiger partial charge in [-0.25, -0.2) is 0 Å². The third-order valence-corrected chi connectivity index (χ3v) is 4.06. The van der Waals surface area contributed by atoms with Gasteiger partial charge in [0.25, 0.3) is 0 Å². The van der Waals surface area contributed by atoms with E-state index in [1.165, 1.54) is 12.8 Å². The van der Waals surface area contributed by atoms with E-state index in [9.17, 15) is 0 Å². The van der Waals surface area contributed by atoms with Crippen molar-refractivity contribution in [3.05, 3.63) is 0 Å². The largest absolute Gasteiger partial charge is 0.396 e. The quantitative estimate of drug-likeness (QED) is 0.609. The van der Waals surface area contributed by atoms with Gasteiger partial charge in [-0.3, -0.25) is 0 Å². The first-order chi connectivity index (χ1) is 8.24. The second-order valence-electron chi connectivity index (χ2n) is 5.72. The Hall–Kier alpha value is -0.160. The predicted molar refractivity (Wildman–Crippen MR) is 68.1 cm³/mol. The summed E-state index contributed by atoms with van der Waals surface area (Å²) in [6.07, 6.45) is 4.63. The first kappa shape index (κ1) is 13.3. The maximum atomic E-state index is 9.01. The lowest BCUT2D eigenvalue weighted by Gasteiger charge is -2.27. The van der Waals surface area contributed by atoms with Gasteiger partial charge in [0.1, 0.15) is 0 Å². The number of hydrogen-bond acceptors (Lipinski definition) is 4. The summed E-state index contributed by atoms with van der Waals surface area (Å²) in [6, 6.07) is 1.02. The van der Waals surface area contributed by atoms with Gasteiger partial charge < -0.3 is 20.5 Å². The van der Waals surface area contributed by atoms with Crippen LogP contribution in [0, 0.1) is 5.41 Å². The number of hydrogen-bond donors (Lipinski definition) is 3. The molecular formula is C13H26N2O2. The summed E-state index contributed by atoms with van der Waals surface area (Å²) in [5, 5.41) is 16.1. The van der Waals surface area contributed by atoms with Gasteiger partial charge in [-0.1, -0.05) is 0 Å². The molecule has 2 aliphatic rings. The molecule has 0 radical (unpaired) electrons. The molecule has 1 aliphatic heterocycles. The molecule has 0 aromatic rings. The maximum absolute atomic E-state index is 9.01. The van der Waals surface area contributed by atoms with Crippen LogP contribution in [-0.2, 0) is 4.74 Å².